The van der Waals surface area contributed by atoms with Crippen molar-refractivity contribution in [3.05, 3.63) is 39.3 Å². The molecule has 106 valence electrons. The Labute approximate surface area is 125 Å². The van der Waals surface area contributed by atoms with E-state index in [-0.39, 0.29) is 11.4 Å². The van der Waals surface area contributed by atoms with Crippen molar-refractivity contribution in [2.24, 2.45) is 0 Å². The zero-order chi connectivity index (χ0) is 14.9. The van der Waals surface area contributed by atoms with Gasteiger partial charge >= 0.3 is 6.18 Å². The first-order valence-electron chi connectivity index (χ1n) is 5.40. The quantitative estimate of drug-likeness (QED) is 0.616. The summed E-state index contributed by atoms with van der Waals surface area (Å²) in [6.45, 7) is 0. The van der Waals surface area contributed by atoms with Crippen LogP contribution >= 0.6 is 22.6 Å². The van der Waals surface area contributed by atoms with Crippen LogP contribution in [0.15, 0.2) is 24.4 Å². The molecule has 2 aromatic rings. The SMILES string of the molecule is CNc1nc(-c2cc(F)ccc2C(F)(F)F)ncc1I. The maximum atomic E-state index is 13.2. The molecule has 1 N–H and O–H groups in total. The van der Waals surface area contributed by atoms with Gasteiger partial charge in [-0.2, -0.15) is 13.2 Å². The van der Waals surface area contributed by atoms with E-state index < -0.39 is 17.6 Å². The monoisotopic (exact) mass is 397 g/mol. The summed E-state index contributed by atoms with van der Waals surface area (Å²) in [5.74, 6) is -0.573. The van der Waals surface area contributed by atoms with Gasteiger partial charge in [0, 0.05) is 18.8 Å². The van der Waals surface area contributed by atoms with Gasteiger partial charge in [-0.3, -0.25) is 0 Å². The average Bonchev–Trinajstić information content (AvgIpc) is 2.37. The molecule has 20 heavy (non-hydrogen) atoms. The largest absolute Gasteiger partial charge is 0.417 e. The standard InChI is InChI=1S/C12H8F4IN3/c1-18-11-9(17)5-19-10(20-11)7-4-6(13)2-3-8(7)12(14,15)16/h2-5H,1H3,(H,18,19,20). The Kier molecular flexibility index (Phi) is 4.11. The van der Waals surface area contributed by atoms with Crippen LogP contribution in [-0.4, -0.2) is 17.0 Å². The lowest BCUT2D eigenvalue weighted by Crippen LogP contribution is -2.09. The highest BCUT2D eigenvalue weighted by Crippen LogP contribution is 2.36. The molecule has 0 spiro atoms. The van der Waals surface area contributed by atoms with Crippen molar-refractivity contribution in [1.82, 2.24) is 9.97 Å². The van der Waals surface area contributed by atoms with Crippen LogP contribution in [0.5, 0.6) is 0 Å². The maximum Gasteiger partial charge on any atom is 0.417 e. The maximum absolute atomic E-state index is 13.2. The van der Waals surface area contributed by atoms with Gasteiger partial charge < -0.3 is 5.32 Å². The van der Waals surface area contributed by atoms with Crippen LogP contribution in [0.3, 0.4) is 0 Å². The summed E-state index contributed by atoms with van der Waals surface area (Å²) in [5.41, 5.74) is -1.35. The van der Waals surface area contributed by atoms with Crippen molar-refractivity contribution in [2.75, 3.05) is 12.4 Å². The van der Waals surface area contributed by atoms with Gasteiger partial charge in [0.25, 0.3) is 0 Å². The van der Waals surface area contributed by atoms with Gasteiger partial charge in [0.1, 0.15) is 11.6 Å². The Morgan fingerprint density at radius 1 is 1.25 bits per heavy atom. The molecule has 2 rings (SSSR count). The molecule has 0 bridgehead atoms. The van der Waals surface area contributed by atoms with Crippen LogP contribution in [0, 0.1) is 9.39 Å². The molecule has 8 heteroatoms. The van der Waals surface area contributed by atoms with E-state index in [4.69, 9.17) is 0 Å². The van der Waals surface area contributed by atoms with Crippen LogP contribution in [-0.2, 0) is 6.18 Å². The summed E-state index contributed by atoms with van der Waals surface area (Å²) in [7, 11) is 1.59. The number of nitrogens with one attached hydrogen (secondary N) is 1. The third kappa shape index (κ3) is 3.00. The molecule has 1 aromatic heterocycles. The normalized spacial score (nSPS) is 11.5. The zero-order valence-corrected chi connectivity index (χ0v) is 12.3. The van der Waals surface area contributed by atoms with Crippen LogP contribution < -0.4 is 5.32 Å². The Balaban J connectivity index is 2.65. The summed E-state index contributed by atoms with van der Waals surface area (Å²) in [4.78, 5) is 7.83. The first kappa shape index (κ1) is 14.9. The number of alkyl halides is 3. The minimum absolute atomic E-state index is 0.179. The van der Waals surface area contributed by atoms with Crippen molar-refractivity contribution in [1.29, 1.82) is 0 Å². The third-order valence-electron chi connectivity index (χ3n) is 2.51. The molecule has 0 saturated carbocycles. The van der Waals surface area contributed by atoms with Gasteiger partial charge in [0.15, 0.2) is 5.82 Å². The van der Waals surface area contributed by atoms with Gasteiger partial charge in [-0.15, -0.1) is 0 Å². The molecule has 0 atom stereocenters. The Hall–Kier alpha value is -1.45. The van der Waals surface area contributed by atoms with Crippen molar-refractivity contribution in [3.8, 4) is 11.4 Å². The van der Waals surface area contributed by atoms with Gasteiger partial charge in [0.05, 0.1) is 9.13 Å². The Bertz CT molecular complexity index is 643. The van der Waals surface area contributed by atoms with Crippen LogP contribution in [0.25, 0.3) is 11.4 Å². The van der Waals surface area contributed by atoms with E-state index in [2.05, 4.69) is 15.3 Å². The molecule has 0 aliphatic rings. The molecular weight excluding hydrogens is 389 g/mol. The van der Waals surface area contributed by atoms with Crippen LogP contribution in [0.1, 0.15) is 5.56 Å². The summed E-state index contributed by atoms with van der Waals surface area (Å²) in [5, 5.41) is 2.74. The minimum Gasteiger partial charge on any atom is -0.372 e. The number of hydrogen-bond donors (Lipinski definition) is 1. The second-order valence-electron chi connectivity index (χ2n) is 3.83. The molecule has 0 aliphatic heterocycles. The van der Waals surface area contributed by atoms with E-state index in [9.17, 15) is 17.6 Å². The molecule has 0 amide bonds. The van der Waals surface area contributed by atoms with Crippen LogP contribution in [0.2, 0.25) is 0 Å². The summed E-state index contributed by atoms with van der Waals surface area (Å²) in [6, 6.07) is 2.23. The molecule has 1 heterocycles. The molecule has 3 nitrogen and oxygen atoms in total. The number of nitrogens with zero attached hydrogens (tertiary/aromatic N) is 2. The van der Waals surface area contributed by atoms with E-state index >= 15 is 0 Å². The molecule has 0 fully saturated rings. The fraction of sp³-hybridized carbons (Fsp3) is 0.167. The van der Waals surface area contributed by atoms with E-state index in [0.29, 0.717) is 15.5 Å². The third-order valence-corrected chi connectivity index (χ3v) is 3.30. The number of aromatic nitrogens is 2. The van der Waals surface area contributed by atoms with Crippen molar-refractivity contribution < 1.29 is 17.6 Å². The first-order valence-corrected chi connectivity index (χ1v) is 6.48. The summed E-state index contributed by atoms with van der Waals surface area (Å²) >= 11 is 1.94. The Morgan fingerprint density at radius 2 is 1.95 bits per heavy atom. The van der Waals surface area contributed by atoms with E-state index in [1.165, 1.54) is 6.20 Å². The number of benzene rings is 1. The van der Waals surface area contributed by atoms with Crippen molar-refractivity contribution in [3.63, 3.8) is 0 Å². The average molecular weight is 397 g/mol. The lowest BCUT2D eigenvalue weighted by molar-refractivity contribution is -0.137. The van der Waals surface area contributed by atoms with E-state index in [1.54, 1.807) is 7.05 Å². The molecule has 1 aromatic carbocycles. The molecule has 0 radical (unpaired) electrons. The molecule has 0 aliphatic carbocycles. The van der Waals surface area contributed by atoms with Gasteiger partial charge in [-0.1, -0.05) is 0 Å². The van der Waals surface area contributed by atoms with Gasteiger partial charge in [0.2, 0.25) is 0 Å². The van der Waals surface area contributed by atoms with E-state index in [1.807, 2.05) is 22.6 Å². The molecule has 0 unspecified atom stereocenters. The zero-order valence-electron chi connectivity index (χ0n) is 10.1. The summed E-state index contributed by atoms with van der Waals surface area (Å²) < 4.78 is 52.7. The fourth-order valence-electron chi connectivity index (χ4n) is 1.62. The number of halogens is 5. The molecular formula is C12H8F4IN3. The lowest BCUT2D eigenvalue weighted by atomic mass is 10.1. The number of hydrogen-bond acceptors (Lipinski definition) is 3. The van der Waals surface area contributed by atoms with Gasteiger partial charge in [-0.25, -0.2) is 14.4 Å². The second kappa shape index (κ2) is 5.51. The number of anilines is 1. The predicted molar refractivity (Wildman–Crippen MR) is 74.7 cm³/mol. The summed E-state index contributed by atoms with van der Waals surface area (Å²) in [6.07, 6.45) is -3.23. The highest BCUT2D eigenvalue weighted by Gasteiger charge is 2.34. The van der Waals surface area contributed by atoms with E-state index in [0.717, 1.165) is 12.1 Å². The smallest absolute Gasteiger partial charge is 0.372 e. The highest BCUT2D eigenvalue weighted by atomic mass is 127. The Morgan fingerprint density at radius 3 is 2.55 bits per heavy atom. The van der Waals surface area contributed by atoms with Crippen molar-refractivity contribution in [2.45, 2.75) is 6.18 Å². The fourth-order valence-corrected chi connectivity index (χ4v) is 2.15. The molecule has 0 saturated heterocycles. The number of rotatable bonds is 2. The topological polar surface area (TPSA) is 37.8 Å². The minimum atomic E-state index is -4.60. The van der Waals surface area contributed by atoms with Gasteiger partial charge in [-0.05, 0) is 40.8 Å². The van der Waals surface area contributed by atoms with Crippen LogP contribution in [0.4, 0.5) is 23.4 Å². The second-order valence-corrected chi connectivity index (χ2v) is 4.99. The predicted octanol–water partition coefficient (Wildman–Crippen LogP) is 3.95. The lowest BCUT2D eigenvalue weighted by Gasteiger charge is -2.13. The van der Waals surface area contributed by atoms with Crippen molar-refractivity contribution >= 4 is 28.4 Å². The highest BCUT2D eigenvalue weighted by molar-refractivity contribution is 14.1. The first-order chi connectivity index (χ1) is 9.32.